The van der Waals surface area contributed by atoms with Gasteiger partial charge in [0.2, 0.25) is 0 Å². The smallest absolute Gasteiger partial charge is 0.545 e. The molecule has 0 saturated carbocycles. The summed E-state index contributed by atoms with van der Waals surface area (Å²) >= 11 is 0. The van der Waals surface area contributed by atoms with E-state index in [9.17, 15) is 39.6 Å². The van der Waals surface area contributed by atoms with Crippen LogP contribution in [0, 0.1) is 0 Å². The fourth-order valence-electron chi connectivity index (χ4n) is 0.272. The van der Waals surface area contributed by atoms with Crippen LogP contribution in [-0.4, -0.2) is 99.4 Å². The summed E-state index contributed by atoms with van der Waals surface area (Å²) in [6, 6.07) is 0. The molecule has 88 valence electrons. The van der Waals surface area contributed by atoms with Gasteiger partial charge in [-0.3, -0.25) is 0 Å². The molecule has 0 fully saturated rings. The minimum Gasteiger partial charge on any atom is -0.545 e. The maximum absolute atomic E-state index is 9.41. The van der Waals surface area contributed by atoms with E-state index in [-0.39, 0.29) is 75.5 Å². The molecule has 0 rings (SSSR count). The molecule has 0 radical (unpaired) electrons. The van der Waals surface area contributed by atoms with Gasteiger partial charge in [-0.25, -0.2) is 0 Å². The van der Waals surface area contributed by atoms with Gasteiger partial charge in [-0.2, -0.15) is 0 Å². The zero-order valence-corrected chi connectivity index (χ0v) is 13.4. The Kier molecular flexibility index (Phi) is 24.8. The summed E-state index contributed by atoms with van der Waals surface area (Å²) in [5.41, 5.74) is 0. The van der Waals surface area contributed by atoms with Gasteiger partial charge in [0.15, 0.2) is 0 Å². The largest absolute Gasteiger partial charge is 2.00 e. The third-order valence-electron chi connectivity index (χ3n) is 0.711. The van der Waals surface area contributed by atoms with Gasteiger partial charge in [-0.1, -0.05) is 0 Å². The summed E-state index contributed by atoms with van der Waals surface area (Å²) < 4.78 is 0. The second-order valence-electron chi connectivity index (χ2n) is 1.94. The number of aliphatic carboxylic acids is 4. The number of carboxylic acids is 4. The van der Waals surface area contributed by atoms with E-state index in [1.54, 1.807) is 0 Å². The topological polar surface area (TPSA) is 161 Å². The van der Waals surface area contributed by atoms with Gasteiger partial charge in [0, 0.05) is 0 Å². The van der Waals surface area contributed by atoms with Gasteiger partial charge in [-0.05, 0) is 24.3 Å². The summed E-state index contributed by atoms with van der Waals surface area (Å²) in [5.74, 6) is -6.19. The summed E-state index contributed by atoms with van der Waals surface area (Å²) in [6.07, 6.45) is 1.54. The third-order valence-corrected chi connectivity index (χ3v) is 0.711. The van der Waals surface area contributed by atoms with Crippen LogP contribution in [-0.2, 0) is 19.2 Å². The SMILES string of the molecule is O=C([O-])/C=C/C(=O)[O-].O=C([O-])/C=C/C(=O)[O-].[Ca+2].[Ca+2]. The van der Waals surface area contributed by atoms with Crippen LogP contribution >= 0.6 is 0 Å². The van der Waals surface area contributed by atoms with E-state index in [0.717, 1.165) is 0 Å². The summed E-state index contributed by atoms with van der Waals surface area (Å²) in [4.78, 5) is 37.7. The fraction of sp³-hybridized carbons (Fsp3) is 0. The van der Waals surface area contributed by atoms with E-state index in [1.807, 2.05) is 0 Å². The van der Waals surface area contributed by atoms with Crippen molar-refractivity contribution in [1.29, 1.82) is 0 Å². The molecule has 10 heteroatoms. The standard InChI is InChI=1S/2C4H4O4.2Ca/c2*5-3(6)1-2-4(7)8;;/h2*1-2H,(H,5,6)(H,7,8);;/q;;2*+2/p-4/b2*2-1+;;. The zero-order chi connectivity index (χ0) is 13.1. The van der Waals surface area contributed by atoms with Gasteiger partial charge in [0.1, 0.15) is 0 Å². The first-order chi connectivity index (χ1) is 7.25. The Morgan fingerprint density at radius 3 is 0.667 bits per heavy atom. The molecule has 0 aromatic carbocycles. The Morgan fingerprint density at radius 2 is 0.611 bits per heavy atom. The van der Waals surface area contributed by atoms with E-state index in [2.05, 4.69) is 0 Å². The van der Waals surface area contributed by atoms with Crippen molar-refractivity contribution in [2.45, 2.75) is 0 Å². The average molecular weight is 308 g/mol. The van der Waals surface area contributed by atoms with Crippen molar-refractivity contribution in [3.63, 3.8) is 0 Å². The van der Waals surface area contributed by atoms with Crippen LogP contribution in [0.5, 0.6) is 0 Å². The summed E-state index contributed by atoms with van der Waals surface area (Å²) in [5, 5.41) is 37.7. The fourth-order valence-corrected chi connectivity index (χ4v) is 0.272. The number of hydrogen-bond donors (Lipinski definition) is 0. The van der Waals surface area contributed by atoms with Crippen LogP contribution in [0.4, 0.5) is 0 Å². The number of carbonyl (C=O) groups is 4. The van der Waals surface area contributed by atoms with Crippen LogP contribution in [0.1, 0.15) is 0 Å². The zero-order valence-electron chi connectivity index (χ0n) is 8.99. The Morgan fingerprint density at radius 1 is 0.500 bits per heavy atom. The third kappa shape index (κ3) is 36.0. The monoisotopic (exact) mass is 308 g/mol. The Bertz CT molecular complexity index is 281. The maximum atomic E-state index is 9.41. The number of hydrogen-bond acceptors (Lipinski definition) is 8. The van der Waals surface area contributed by atoms with Crippen LogP contribution in [0.25, 0.3) is 0 Å². The minimum atomic E-state index is -1.55. The van der Waals surface area contributed by atoms with Crippen LogP contribution in [0.3, 0.4) is 0 Å². The molecule has 0 saturated heterocycles. The van der Waals surface area contributed by atoms with Crippen molar-refractivity contribution in [3.05, 3.63) is 24.3 Å². The minimum absolute atomic E-state index is 0. The Hall–Kier alpha value is -0.121. The Balaban J connectivity index is -0.0000000980. The van der Waals surface area contributed by atoms with Crippen LogP contribution < -0.4 is 20.4 Å². The van der Waals surface area contributed by atoms with Crippen molar-refractivity contribution < 1.29 is 39.6 Å². The molecule has 8 nitrogen and oxygen atoms in total. The van der Waals surface area contributed by atoms with E-state index >= 15 is 0 Å². The molecular weight excluding hydrogens is 304 g/mol. The number of carbonyl (C=O) groups excluding carboxylic acids is 4. The van der Waals surface area contributed by atoms with Crippen LogP contribution in [0.2, 0.25) is 0 Å². The molecule has 0 amide bonds. The quantitative estimate of drug-likeness (QED) is 0.365. The summed E-state index contributed by atoms with van der Waals surface area (Å²) in [6.45, 7) is 0. The predicted octanol–water partition coefficient (Wildman–Crippen LogP) is -6.68. The molecule has 0 spiro atoms. The molecule has 0 unspecified atom stereocenters. The van der Waals surface area contributed by atoms with E-state index in [4.69, 9.17) is 0 Å². The van der Waals surface area contributed by atoms with Crippen LogP contribution in [0.15, 0.2) is 24.3 Å². The second kappa shape index (κ2) is 16.9. The normalized spacial score (nSPS) is 8.44. The summed E-state index contributed by atoms with van der Waals surface area (Å²) in [7, 11) is 0. The molecule has 18 heavy (non-hydrogen) atoms. The van der Waals surface area contributed by atoms with Crippen molar-refractivity contribution in [2.75, 3.05) is 0 Å². The molecule has 0 aromatic heterocycles. The predicted molar refractivity (Wildman–Crippen MR) is 49.8 cm³/mol. The first kappa shape index (κ1) is 26.4. The second-order valence-corrected chi connectivity index (χ2v) is 1.94. The molecule has 0 aliphatic carbocycles. The molecule has 0 bridgehead atoms. The van der Waals surface area contributed by atoms with Crippen molar-refractivity contribution in [1.82, 2.24) is 0 Å². The van der Waals surface area contributed by atoms with E-state index < -0.39 is 23.9 Å². The molecule has 0 aliphatic rings. The van der Waals surface area contributed by atoms with E-state index in [1.165, 1.54) is 0 Å². The molecule has 0 N–H and O–H groups in total. The van der Waals surface area contributed by atoms with Gasteiger partial charge < -0.3 is 39.6 Å². The molecule has 0 atom stereocenters. The molecule has 0 aliphatic heterocycles. The van der Waals surface area contributed by atoms with E-state index in [0.29, 0.717) is 24.3 Å². The average Bonchev–Trinajstić information content (AvgIpc) is 2.12. The molecular formula is C8H4Ca2O8. The Labute approximate surface area is 161 Å². The molecule has 0 aromatic rings. The van der Waals surface area contributed by atoms with Gasteiger partial charge in [0.25, 0.3) is 0 Å². The number of carboxylic acid groups (broad SMARTS) is 4. The van der Waals surface area contributed by atoms with Gasteiger partial charge >= 0.3 is 75.5 Å². The van der Waals surface area contributed by atoms with Gasteiger partial charge in [-0.15, -0.1) is 0 Å². The first-order valence-electron chi connectivity index (χ1n) is 3.45. The van der Waals surface area contributed by atoms with Crippen molar-refractivity contribution >= 4 is 99.4 Å². The van der Waals surface area contributed by atoms with Crippen molar-refractivity contribution in [2.24, 2.45) is 0 Å². The van der Waals surface area contributed by atoms with Crippen molar-refractivity contribution in [3.8, 4) is 0 Å². The number of rotatable bonds is 4. The van der Waals surface area contributed by atoms with Gasteiger partial charge in [0.05, 0.1) is 23.9 Å². The maximum Gasteiger partial charge on any atom is 2.00 e. The molecule has 0 heterocycles. The first-order valence-corrected chi connectivity index (χ1v) is 3.45.